The second-order valence-electron chi connectivity index (χ2n) is 2.72. The lowest BCUT2D eigenvalue weighted by Gasteiger charge is -2.10. The molecular weight excluding hydrogens is 340 g/mol. The molecule has 0 aliphatic heterocycles. The van der Waals surface area contributed by atoms with Crippen LogP contribution in [0.4, 0.5) is 18.9 Å². The van der Waals surface area contributed by atoms with Crippen molar-refractivity contribution in [2.75, 3.05) is 5.73 Å². The molecule has 0 fully saturated rings. The van der Waals surface area contributed by atoms with Crippen LogP contribution in [0.15, 0.2) is 18.2 Å². The zero-order valence-electron chi connectivity index (χ0n) is 7.64. The Bertz CT molecular complexity index is 409. The van der Waals surface area contributed by atoms with E-state index in [2.05, 4.69) is 8.27 Å². The summed E-state index contributed by atoms with van der Waals surface area (Å²) >= 11 is 1.56. The van der Waals surface area contributed by atoms with Crippen molar-refractivity contribution < 1.29 is 22.7 Å². The third-order valence-electron chi connectivity index (χ3n) is 1.59. The van der Waals surface area contributed by atoms with Crippen LogP contribution >= 0.6 is 22.9 Å². The van der Waals surface area contributed by atoms with Crippen molar-refractivity contribution in [3.63, 3.8) is 0 Å². The van der Waals surface area contributed by atoms with Gasteiger partial charge in [-0.05, 0) is 18.2 Å². The first-order valence-electron chi connectivity index (χ1n) is 3.90. The molecule has 0 aliphatic carbocycles. The number of hydrogen-bond donors (Lipinski definition) is 2. The number of amides is 1. The van der Waals surface area contributed by atoms with Crippen molar-refractivity contribution in [1.29, 1.82) is 0 Å². The maximum Gasteiger partial charge on any atom is 0.573 e. The van der Waals surface area contributed by atoms with Gasteiger partial charge in [0.25, 0.3) is 5.91 Å². The van der Waals surface area contributed by atoms with Crippen LogP contribution in [0.25, 0.3) is 0 Å². The predicted octanol–water partition coefficient (Wildman–Crippen LogP) is 2.25. The highest BCUT2D eigenvalue weighted by atomic mass is 127. The Morgan fingerprint density at radius 1 is 1.44 bits per heavy atom. The molecule has 0 aromatic heterocycles. The minimum Gasteiger partial charge on any atom is -0.406 e. The first-order chi connectivity index (χ1) is 7.33. The molecule has 0 radical (unpaired) electrons. The third-order valence-corrected chi connectivity index (χ3v) is 2.08. The van der Waals surface area contributed by atoms with Gasteiger partial charge in [0.2, 0.25) is 0 Å². The fourth-order valence-corrected chi connectivity index (χ4v) is 1.27. The number of carbonyl (C=O) groups is 1. The van der Waals surface area contributed by atoms with E-state index in [0.717, 1.165) is 12.1 Å². The number of carbonyl (C=O) groups excluding carboxylic acids is 1. The van der Waals surface area contributed by atoms with Crippen molar-refractivity contribution in [3.05, 3.63) is 23.8 Å². The Balaban J connectivity index is 3.03. The van der Waals surface area contributed by atoms with Crippen LogP contribution in [0, 0.1) is 0 Å². The van der Waals surface area contributed by atoms with Crippen molar-refractivity contribution in [3.8, 4) is 5.75 Å². The number of hydrogen-bond acceptors (Lipinski definition) is 3. The van der Waals surface area contributed by atoms with Gasteiger partial charge in [0.1, 0.15) is 5.75 Å². The highest BCUT2D eigenvalue weighted by molar-refractivity contribution is 14.1. The van der Waals surface area contributed by atoms with Gasteiger partial charge in [0.05, 0.1) is 28.4 Å². The van der Waals surface area contributed by atoms with Crippen molar-refractivity contribution in [2.24, 2.45) is 0 Å². The van der Waals surface area contributed by atoms with Crippen LogP contribution in [-0.2, 0) is 0 Å². The summed E-state index contributed by atoms with van der Waals surface area (Å²) in [4.78, 5) is 11.2. The molecule has 1 amide bonds. The Labute approximate surface area is 102 Å². The Kier molecular flexibility index (Phi) is 3.83. The second-order valence-corrected chi connectivity index (χ2v) is 3.26. The van der Waals surface area contributed by atoms with Crippen molar-refractivity contribution >= 4 is 34.5 Å². The first kappa shape index (κ1) is 12.9. The molecule has 0 aliphatic rings. The molecule has 1 aromatic rings. The van der Waals surface area contributed by atoms with Crippen LogP contribution < -0.4 is 14.0 Å². The maximum absolute atomic E-state index is 11.9. The highest BCUT2D eigenvalue weighted by Crippen LogP contribution is 2.26. The summed E-state index contributed by atoms with van der Waals surface area (Å²) in [5.41, 5.74) is 5.43. The molecule has 1 aromatic carbocycles. The molecular formula is C8H6F3IN2O2. The zero-order valence-corrected chi connectivity index (χ0v) is 9.80. The van der Waals surface area contributed by atoms with Crippen LogP contribution in [0.3, 0.4) is 0 Å². The molecule has 16 heavy (non-hydrogen) atoms. The van der Waals surface area contributed by atoms with Gasteiger partial charge in [0, 0.05) is 5.69 Å². The minimum atomic E-state index is -4.80. The van der Waals surface area contributed by atoms with E-state index in [-0.39, 0.29) is 11.3 Å². The molecule has 88 valence electrons. The summed E-state index contributed by atoms with van der Waals surface area (Å²) < 4.78 is 41.6. The second kappa shape index (κ2) is 4.76. The van der Waals surface area contributed by atoms with E-state index in [1.807, 2.05) is 0 Å². The van der Waals surface area contributed by atoms with Gasteiger partial charge in [-0.3, -0.25) is 8.32 Å². The van der Waals surface area contributed by atoms with E-state index in [9.17, 15) is 18.0 Å². The van der Waals surface area contributed by atoms with E-state index in [1.165, 1.54) is 6.07 Å². The van der Waals surface area contributed by atoms with Crippen LogP contribution in [0.2, 0.25) is 0 Å². The van der Waals surface area contributed by atoms with Crippen LogP contribution in [0.5, 0.6) is 5.75 Å². The number of benzene rings is 1. The summed E-state index contributed by atoms with van der Waals surface area (Å²) in [5.74, 6) is -1.08. The average molecular weight is 346 g/mol. The van der Waals surface area contributed by atoms with Crippen molar-refractivity contribution in [2.45, 2.75) is 6.36 Å². The van der Waals surface area contributed by atoms with Crippen molar-refractivity contribution in [1.82, 2.24) is 3.53 Å². The molecule has 8 heteroatoms. The Morgan fingerprint density at radius 2 is 2.06 bits per heavy atom. The van der Waals surface area contributed by atoms with E-state index in [4.69, 9.17) is 5.73 Å². The van der Waals surface area contributed by atoms with E-state index in [1.54, 1.807) is 22.9 Å². The summed E-state index contributed by atoms with van der Waals surface area (Å²) in [5, 5.41) is 0. The monoisotopic (exact) mass is 346 g/mol. The number of nitrogens with two attached hydrogens (primary N) is 1. The molecule has 4 nitrogen and oxygen atoms in total. The van der Waals surface area contributed by atoms with E-state index < -0.39 is 18.0 Å². The molecule has 0 saturated carbocycles. The summed E-state index contributed by atoms with van der Waals surface area (Å²) in [6, 6.07) is 3.13. The summed E-state index contributed by atoms with van der Waals surface area (Å²) in [6.45, 7) is 0. The lowest BCUT2D eigenvalue weighted by molar-refractivity contribution is -0.274. The number of anilines is 1. The number of halogens is 4. The van der Waals surface area contributed by atoms with Gasteiger partial charge >= 0.3 is 6.36 Å². The normalized spacial score (nSPS) is 11.0. The first-order valence-corrected chi connectivity index (χ1v) is 4.97. The highest BCUT2D eigenvalue weighted by Gasteiger charge is 2.31. The number of rotatable bonds is 2. The van der Waals surface area contributed by atoms with Crippen LogP contribution in [-0.4, -0.2) is 12.3 Å². The molecule has 0 unspecified atom stereocenters. The topological polar surface area (TPSA) is 64.3 Å². The number of nitrogens with one attached hydrogen (secondary N) is 1. The number of ether oxygens (including phenoxy) is 1. The third kappa shape index (κ3) is 3.43. The largest absolute Gasteiger partial charge is 0.573 e. The van der Waals surface area contributed by atoms with E-state index >= 15 is 0 Å². The number of alkyl halides is 3. The van der Waals surface area contributed by atoms with Gasteiger partial charge in [-0.1, -0.05) is 0 Å². The summed E-state index contributed by atoms with van der Waals surface area (Å²) in [7, 11) is 0. The van der Waals surface area contributed by atoms with Gasteiger partial charge in [-0.15, -0.1) is 13.2 Å². The smallest absolute Gasteiger partial charge is 0.406 e. The molecule has 0 spiro atoms. The minimum absolute atomic E-state index is 0.0729. The zero-order chi connectivity index (χ0) is 12.3. The number of nitrogen functional groups attached to an aromatic ring is 1. The standard InChI is InChI=1S/C8H6F3IN2O2/c9-8(10,11)16-4-1-2-6(13)5(3-4)7(15)14-12/h1-3H,13H2,(H,14,15). The molecule has 0 bridgehead atoms. The molecule has 0 heterocycles. The van der Waals surface area contributed by atoms with Crippen LogP contribution in [0.1, 0.15) is 10.4 Å². The van der Waals surface area contributed by atoms with Gasteiger partial charge < -0.3 is 10.5 Å². The summed E-state index contributed by atoms with van der Waals surface area (Å²) in [6.07, 6.45) is -4.80. The lowest BCUT2D eigenvalue weighted by atomic mass is 10.1. The maximum atomic E-state index is 11.9. The Morgan fingerprint density at radius 3 is 2.56 bits per heavy atom. The fraction of sp³-hybridized carbons (Fsp3) is 0.125. The Hall–Kier alpha value is -1.19. The fourth-order valence-electron chi connectivity index (χ4n) is 0.980. The quantitative estimate of drug-likeness (QED) is 0.491. The predicted molar refractivity (Wildman–Crippen MR) is 59.0 cm³/mol. The molecule has 0 atom stereocenters. The van der Waals surface area contributed by atoms with Gasteiger partial charge in [-0.2, -0.15) is 0 Å². The van der Waals surface area contributed by atoms with E-state index in [0.29, 0.717) is 0 Å². The SMILES string of the molecule is Nc1ccc(OC(F)(F)F)cc1C(=O)NI. The van der Waals surface area contributed by atoms with Gasteiger partial charge in [0.15, 0.2) is 0 Å². The average Bonchev–Trinajstić information content (AvgIpc) is 2.18. The molecule has 1 rings (SSSR count). The van der Waals surface area contributed by atoms with Gasteiger partial charge in [-0.25, -0.2) is 0 Å². The molecule has 0 saturated heterocycles. The lowest BCUT2D eigenvalue weighted by Crippen LogP contribution is -2.18. The molecule has 3 N–H and O–H groups in total.